The summed E-state index contributed by atoms with van der Waals surface area (Å²) in [6, 6.07) is 20.6. The first-order valence-electron chi connectivity index (χ1n) is 12.0. The number of halogens is 1. The molecule has 2 nitrogen and oxygen atoms in total. The van der Waals surface area contributed by atoms with Crippen molar-refractivity contribution in [2.24, 2.45) is 0 Å². The van der Waals surface area contributed by atoms with Crippen LogP contribution in [0.3, 0.4) is 0 Å². The molecule has 1 aliphatic carbocycles. The predicted octanol–water partition coefficient (Wildman–Crippen LogP) is 7.91. The van der Waals surface area contributed by atoms with Gasteiger partial charge in [-0.1, -0.05) is 82.3 Å². The molecule has 34 heavy (non-hydrogen) atoms. The SMILES string of the molecule is CC1(C)CCC(C)(C)c2cc(C(C=Cc3ccc(C(=O)O)cc3)Cc3ccc(F)cc3)ccc21. The van der Waals surface area contributed by atoms with Crippen LogP contribution in [-0.2, 0) is 17.3 Å². The van der Waals surface area contributed by atoms with Gasteiger partial charge in [0.25, 0.3) is 0 Å². The Kier molecular flexibility index (Phi) is 6.49. The molecule has 0 heterocycles. The molecule has 0 spiro atoms. The van der Waals surface area contributed by atoms with Crippen molar-refractivity contribution in [1.29, 1.82) is 0 Å². The van der Waals surface area contributed by atoms with E-state index in [1.807, 2.05) is 30.3 Å². The van der Waals surface area contributed by atoms with Crippen LogP contribution in [0, 0.1) is 5.82 Å². The van der Waals surface area contributed by atoms with Gasteiger partial charge in [-0.3, -0.25) is 0 Å². The first-order valence-corrected chi connectivity index (χ1v) is 12.0. The predicted molar refractivity (Wildman–Crippen MR) is 137 cm³/mol. The molecule has 0 aromatic heterocycles. The number of rotatable bonds is 6. The maximum absolute atomic E-state index is 13.5. The summed E-state index contributed by atoms with van der Waals surface area (Å²) < 4.78 is 13.5. The second-order valence-corrected chi connectivity index (χ2v) is 10.8. The quantitative estimate of drug-likeness (QED) is 0.409. The largest absolute Gasteiger partial charge is 0.478 e. The highest BCUT2D eigenvalue weighted by atomic mass is 19.1. The van der Waals surface area contributed by atoms with Gasteiger partial charge >= 0.3 is 5.97 Å². The van der Waals surface area contributed by atoms with Crippen LogP contribution < -0.4 is 0 Å². The van der Waals surface area contributed by atoms with Gasteiger partial charge in [-0.05, 0) is 82.2 Å². The van der Waals surface area contributed by atoms with Crippen LogP contribution >= 0.6 is 0 Å². The van der Waals surface area contributed by atoms with Crippen LogP contribution in [0.2, 0.25) is 0 Å². The van der Waals surface area contributed by atoms with Crippen LogP contribution in [0.25, 0.3) is 6.08 Å². The zero-order valence-corrected chi connectivity index (χ0v) is 20.4. The molecular formula is C31H33FO2. The number of aromatic carboxylic acids is 1. The second-order valence-electron chi connectivity index (χ2n) is 10.8. The molecule has 0 radical (unpaired) electrons. The van der Waals surface area contributed by atoms with Gasteiger partial charge in [0.05, 0.1) is 5.56 Å². The van der Waals surface area contributed by atoms with Crippen LogP contribution in [0.4, 0.5) is 4.39 Å². The third-order valence-corrected chi connectivity index (χ3v) is 7.35. The maximum atomic E-state index is 13.5. The van der Waals surface area contributed by atoms with Crippen LogP contribution in [0.1, 0.15) is 84.6 Å². The molecule has 3 aromatic carbocycles. The number of allylic oxidation sites excluding steroid dienone is 1. The molecule has 0 saturated heterocycles. The number of carboxylic acids is 1. The highest BCUT2D eigenvalue weighted by molar-refractivity contribution is 5.87. The van der Waals surface area contributed by atoms with E-state index in [9.17, 15) is 9.18 Å². The van der Waals surface area contributed by atoms with Crippen molar-refractivity contribution in [2.75, 3.05) is 0 Å². The summed E-state index contributed by atoms with van der Waals surface area (Å²) >= 11 is 0. The van der Waals surface area contributed by atoms with E-state index < -0.39 is 5.97 Å². The van der Waals surface area contributed by atoms with E-state index in [0.717, 1.165) is 24.0 Å². The summed E-state index contributed by atoms with van der Waals surface area (Å²) in [5.41, 5.74) is 6.69. The zero-order valence-electron chi connectivity index (χ0n) is 20.4. The van der Waals surface area contributed by atoms with Gasteiger partial charge in [-0.15, -0.1) is 0 Å². The molecular weight excluding hydrogens is 423 g/mol. The number of hydrogen-bond acceptors (Lipinski definition) is 1. The minimum absolute atomic E-state index is 0.107. The standard InChI is InChI=1S/C31H33FO2/c1-30(2)17-18-31(3,4)28-20-25(13-16-27(28)30)24(19-22-8-14-26(32)15-9-22)12-7-21-5-10-23(11-6-21)29(33)34/h5-16,20,24H,17-19H2,1-4H3,(H,33,34). The molecule has 0 bridgehead atoms. The lowest BCUT2D eigenvalue weighted by atomic mass is 9.62. The topological polar surface area (TPSA) is 37.3 Å². The molecule has 4 rings (SSSR count). The molecule has 1 N–H and O–H groups in total. The third-order valence-electron chi connectivity index (χ3n) is 7.35. The normalized spacial score (nSPS) is 17.3. The highest BCUT2D eigenvalue weighted by Gasteiger charge is 2.37. The van der Waals surface area contributed by atoms with Gasteiger partial charge < -0.3 is 5.11 Å². The Morgan fingerprint density at radius 1 is 0.912 bits per heavy atom. The molecule has 0 amide bonds. The fraction of sp³-hybridized carbons (Fsp3) is 0.323. The van der Waals surface area contributed by atoms with Crippen LogP contribution in [-0.4, -0.2) is 11.1 Å². The minimum Gasteiger partial charge on any atom is -0.478 e. The van der Waals surface area contributed by atoms with Crippen molar-refractivity contribution in [3.8, 4) is 0 Å². The smallest absolute Gasteiger partial charge is 0.335 e. The van der Waals surface area contributed by atoms with Gasteiger partial charge in [0, 0.05) is 5.92 Å². The molecule has 0 fully saturated rings. The summed E-state index contributed by atoms with van der Waals surface area (Å²) in [7, 11) is 0. The zero-order chi connectivity index (χ0) is 24.5. The van der Waals surface area contributed by atoms with Crippen molar-refractivity contribution < 1.29 is 14.3 Å². The van der Waals surface area contributed by atoms with Gasteiger partial charge in [0.2, 0.25) is 0 Å². The van der Waals surface area contributed by atoms with Gasteiger partial charge in [-0.2, -0.15) is 0 Å². The number of benzene rings is 3. The number of carboxylic acid groups (broad SMARTS) is 1. The Bertz CT molecular complexity index is 1200. The second kappa shape index (κ2) is 9.21. The fourth-order valence-corrected chi connectivity index (χ4v) is 4.97. The number of hydrogen-bond donors (Lipinski definition) is 1. The fourth-order valence-electron chi connectivity index (χ4n) is 4.97. The Morgan fingerprint density at radius 2 is 1.53 bits per heavy atom. The van der Waals surface area contributed by atoms with E-state index >= 15 is 0 Å². The average molecular weight is 457 g/mol. The molecule has 176 valence electrons. The van der Waals surface area contributed by atoms with E-state index in [4.69, 9.17) is 5.11 Å². The third kappa shape index (κ3) is 5.14. The summed E-state index contributed by atoms with van der Waals surface area (Å²) in [5, 5.41) is 9.16. The number of carbonyl (C=O) groups is 1. The van der Waals surface area contributed by atoms with Crippen molar-refractivity contribution in [3.63, 3.8) is 0 Å². The Balaban J connectivity index is 1.72. The van der Waals surface area contributed by atoms with Gasteiger partial charge in [0.15, 0.2) is 0 Å². The van der Waals surface area contributed by atoms with E-state index in [-0.39, 0.29) is 28.1 Å². The highest BCUT2D eigenvalue weighted by Crippen LogP contribution is 2.46. The average Bonchev–Trinajstić information content (AvgIpc) is 2.81. The minimum atomic E-state index is -0.927. The molecule has 0 saturated carbocycles. The Hall–Kier alpha value is -3.20. The maximum Gasteiger partial charge on any atom is 0.335 e. The van der Waals surface area contributed by atoms with Crippen molar-refractivity contribution in [1.82, 2.24) is 0 Å². The molecule has 3 aromatic rings. The summed E-state index contributed by atoms with van der Waals surface area (Å²) in [6.45, 7) is 9.33. The summed E-state index contributed by atoms with van der Waals surface area (Å²) in [4.78, 5) is 11.2. The first kappa shape index (κ1) is 23.9. The van der Waals surface area contributed by atoms with Crippen molar-refractivity contribution >= 4 is 12.0 Å². The lowest BCUT2D eigenvalue weighted by Crippen LogP contribution is -2.34. The van der Waals surface area contributed by atoms with Gasteiger partial charge in [0.1, 0.15) is 5.82 Å². The lowest BCUT2D eigenvalue weighted by molar-refractivity contribution is 0.0697. The van der Waals surface area contributed by atoms with E-state index in [0.29, 0.717) is 0 Å². The Morgan fingerprint density at radius 3 is 2.15 bits per heavy atom. The van der Waals surface area contributed by atoms with E-state index in [1.54, 1.807) is 12.1 Å². The van der Waals surface area contributed by atoms with Crippen LogP contribution in [0.15, 0.2) is 72.8 Å². The Labute approximate surface area is 202 Å². The van der Waals surface area contributed by atoms with E-state index in [1.165, 1.54) is 35.2 Å². The first-order chi connectivity index (χ1) is 16.0. The summed E-state index contributed by atoms with van der Waals surface area (Å²) in [5.74, 6) is -1.05. The summed E-state index contributed by atoms with van der Waals surface area (Å²) in [6.07, 6.45) is 7.32. The van der Waals surface area contributed by atoms with E-state index in [2.05, 4.69) is 52.0 Å². The van der Waals surface area contributed by atoms with Crippen LogP contribution in [0.5, 0.6) is 0 Å². The molecule has 1 atom stereocenters. The number of fused-ring (bicyclic) bond motifs is 1. The van der Waals surface area contributed by atoms with Gasteiger partial charge in [-0.25, -0.2) is 9.18 Å². The molecule has 3 heteroatoms. The van der Waals surface area contributed by atoms with Crippen molar-refractivity contribution in [2.45, 2.75) is 63.7 Å². The molecule has 0 aliphatic heterocycles. The van der Waals surface area contributed by atoms with Crippen molar-refractivity contribution in [3.05, 3.63) is 112 Å². The molecule has 1 aliphatic rings. The molecule has 1 unspecified atom stereocenters. The lowest BCUT2D eigenvalue weighted by Gasteiger charge is -2.42. The monoisotopic (exact) mass is 456 g/mol.